The first kappa shape index (κ1) is 26.1. The predicted octanol–water partition coefficient (Wildman–Crippen LogP) is 2.71. The molecule has 1 saturated carbocycles. The second-order valence-corrected chi connectivity index (χ2v) is 10.3. The number of imidazole rings is 1. The lowest BCUT2D eigenvalue weighted by atomic mass is 9.88. The lowest BCUT2D eigenvalue weighted by Crippen LogP contribution is -2.38. The van der Waals surface area contributed by atoms with E-state index in [-0.39, 0.29) is 24.7 Å². The molecule has 13 nitrogen and oxygen atoms in total. The normalized spacial score (nSPS) is 20.6. The Bertz CT molecular complexity index is 1500. The van der Waals surface area contributed by atoms with E-state index in [1.165, 1.54) is 0 Å². The van der Waals surface area contributed by atoms with E-state index >= 15 is 0 Å². The van der Waals surface area contributed by atoms with Crippen molar-refractivity contribution >= 4 is 28.6 Å². The van der Waals surface area contributed by atoms with Gasteiger partial charge in [-0.25, -0.2) is 9.67 Å². The van der Waals surface area contributed by atoms with Crippen molar-refractivity contribution in [1.29, 1.82) is 0 Å². The summed E-state index contributed by atoms with van der Waals surface area (Å²) in [5.74, 6) is 3.35. The Labute approximate surface area is 231 Å². The van der Waals surface area contributed by atoms with E-state index in [9.17, 15) is 5.11 Å². The summed E-state index contributed by atoms with van der Waals surface area (Å²) in [4.78, 5) is 16.6. The molecule has 6 rings (SSSR count). The maximum Gasteiger partial charge on any atom is 0.232 e. The number of ether oxygens (including phenoxy) is 3. The number of hydrogen-bond acceptors (Lipinski definition) is 11. The zero-order valence-electron chi connectivity index (χ0n) is 23.2. The Balaban J connectivity index is 1.38. The number of nitrogens with zero attached hydrogens (tertiary/aromatic N) is 7. The standard InChI is InChI=1S/C27H35N9O4/c1-15-23-25(35-7-5-6-17(35)13-37)31-27(32-26(23)36(33-15)19-8-16(28)9-19)30-22-12-34(14-29-22)18-10-20(38-2)24(40-4)21(11-18)39-3/h10-12,14,16-17,19,37H,5-9,13,28H2,1-4H3,(H,30,31,32)/t16-,17-,19+/m0/s1. The maximum atomic E-state index is 10.1. The van der Waals surface area contributed by atoms with Gasteiger partial charge in [-0.1, -0.05) is 0 Å². The number of nitrogens with two attached hydrogens (primary N) is 1. The zero-order chi connectivity index (χ0) is 28.0. The van der Waals surface area contributed by atoms with E-state index in [0.29, 0.717) is 29.0 Å². The van der Waals surface area contributed by atoms with Crippen molar-refractivity contribution < 1.29 is 19.3 Å². The molecule has 2 fully saturated rings. The quantitative estimate of drug-likeness (QED) is 0.283. The molecule has 0 amide bonds. The molecule has 2 aliphatic rings. The van der Waals surface area contributed by atoms with E-state index in [2.05, 4.69) is 15.2 Å². The average Bonchev–Trinajstić information content (AvgIpc) is 3.69. The van der Waals surface area contributed by atoms with Crippen LogP contribution in [-0.4, -0.2) is 81.0 Å². The van der Waals surface area contributed by atoms with Crippen molar-refractivity contribution in [3.05, 3.63) is 30.4 Å². The number of nitrogens with one attached hydrogen (secondary N) is 1. The van der Waals surface area contributed by atoms with Gasteiger partial charge in [-0.2, -0.15) is 15.1 Å². The number of methoxy groups -OCH3 is 3. The van der Waals surface area contributed by atoms with E-state index in [4.69, 9.17) is 35.0 Å². The first-order valence-corrected chi connectivity index (χ1v) is 13.4. The molecule has 1 atom stereocenters. The molecular weight excluding hydrogens is 514 g/mol. The van der Waals surface area contributed by atoms with E-state index in [1.807, 2.05) is 34.5 Å². The topological polar surface area (TPSA) is 151 Å². The molecule has 4 heterocycles. The van der Waals surface area contributed by atoms with Crippen LogP contribution >= 0.6 is 0 Å². The lowest BCUT2D eigenvalue weighted by molar-refractivity contribution is 0.252. The second kappa shape index (κ2) is 10.5. The third kappa shape index (κ3) is 4.44. The van der Waals surface area contributed by atoms with Gasteiger partial charge in [0.15, 0.2) is 23.0 Å². The molecule has 4 N–H and O–H groups in total. The number of fused-ring (bicyclic) bond motifs is 1. The first-order chi connectivity index (χ1) is 19.4. The van der Waals surface area contributed by atoms with Crippen LogP contribution in [0.25, 0.3) is 16.7 Å². The van der Waals surface area contributed by atoms with Crippen LogP contribution in [0.2, 0.25) is 0 Å². The zero-order valence-corrected chi connectivity index (χ0v) is 23.2. The number of aryl methyl sites for hydroxylation is 1. The van der Waals surface area contributed by atoms with Crippen LogP contribution in [0.5, 0.6) is 17.2 Å². The fourth-order valence-corrected chi connectivity index (χ4v) is 5.70. The van der Waals surface area contributed by atoms with E-state index < -0.39 is 0 Å². The van der Waals surface area contributed by atoms with Gasteiger partial charge in [0.25, 0.3) is 0 Å². The summed E-state index contributed by atoms with van der Waals surface area (Å²) in [6.45, 7) is 2.87. The molecule has 0 spiro atoms. The Morgan fingerprint density at radius 3 is 2.50 bits per heavy atom. The maximum absolute atomic E-state index is 10.1. The average molecular weight is 550 g/mol. The van der Waals surface area contributed by atoms with E-state index in [1.54, 1.807) is 27.7 Å². The molecule has 0 bridgehead atoms. The van der Waals surface area contributed by atoms with E-state index in [0.717, 1.165) is 60.5 Å². The minimum absolute atomic E-state index is 0.00469. The molecule has 1 aliphatic carbocycles. The summed E-state index contributed by atoms with van der Waals surface area (Å²) in [5.41, 5.74) is 8.51. The number of hydrogen-bond donors (Lipinski definition) is 3. The van der Waals surface area contributed by atoms with Crippen LogP contribution in [0.15, 0.2) is 24.7 Å². The number of aliphatic hydroxyl groups excluding tert-OH is 1. The summed E-state index contributed by atoms with van der Waals surface area (Å²) in [6, 6.07) is 4.08. The third-order valence-electron chi connectivity index (χ3n) is 7.83. The summed E-state index contributed by atoms with van der Waals surface area (Å²) in [5, 5.41) is 19.1. The van der Waals surface area contributed by atoms with Crippen LogP contribution < -0.4 is 30.2 Å². The number of rotatable bonds is 9. The van der Waals surface area contributed by atoms with Crippen LogP contribution in [0.3, 0.4) is 0 Å². The van der Waals surface area contributed by atoms with Gasteiger partial charge < -0.3 is 39.8 Å². The van der Waals surface area contributed by atoms with Gasteiger partial charge in [0.2, 0.25) is 11.7 Å². The summed E-state index contributed by atoms with van der Waals surface area (Å²) < 4.78 is 20.3. The van der Waals surface area contributed by atoms with Crippen molar-refractivity contribution in [2.45, 2.75) is 50.7 Å². The largest absolute Gasteiger partial charge is 0.493 e. The highest BCUT2D eigenvalue weighted by molar-refractivity contribution is 5.91. The highest BCUT2D eigenvalue weighted by Crippen LogP contribution is 2.40. The molecule has 1 aromatic carbocycles. The number of anilines is 3. The third-order valence-corrected chi connectivity index (χ3v) is 7.83. The Morgan fingerprint density at radius 2 is 1.85 bits per heavy atom. The molecule has 3 aromatic heterocycles. The number of aliphatic hydroxyl groups is 1. The molecule has 1 saturated heterocycles. The number of benzene rings is 1. The first-order valence-electron chi connectivity index (χ1n) is 13.4. The predicted molar refractivity (Wildman–Crippen MR) is 150 cm³/mol. The van der Waals surface area contributed by atoms with Crippen LogP contribution in [-0.2, 0) is 0 Å². The monoisotopic (exact) mass is 549 g/mol. The SMILES string of the molecule is COc1cc(-n2cnc(Nc3nc(N4CCC[C@H]4CO)c4c(C)nn([C@H]5C[C@@H](N)C5)c4n3)c2)cc(OC)c1OC. The fraction of sp³-hybridized carbons (Fsp3) is 0.481. The van der Waals surface area contributed by atoms with Gasteiger partial charge in [0, 0.05) is 24.7 Å². The second-order valence-electron chi connectivity index (χ2n) is 10.3. The lowest BCUT2D eigenvalue weighted by Gasteiger charge is -2.32. The molecule has 4 aromatic rings. The van der Waals surface area contributed by atoms with Gasteiger partial charge in [0.05, 0.1) is 63.0 Å². The van der Waals surface area contributed by atoms with Crippen molar-refractivity contribution in [3.63, 3.8) is 0 Å². The van der Waals surface area contributed by atoms with Crippen molar-refractivity contribution in [3.8, 4) is 22.9 Å². The van der Waals surface area contributed by atoms with Gasteiger partial charge in [-0.15, -0.1) is 0 Å². The molecule has 40 heavy (non-hydrogen) atoms. The fourth-order valence-electron chi connectivity index (χ4n) is 5.70. The van der Waals surface area contributed by atoms with Crippen LogP contribution in [0, 0.1) is 6.92 Å². The summed E-state index contributed by atoms with van der Waals surface area (Å²) in [7, 11) is 4.74. The highest BCUT2D eigenvalue weighted by atomic mass is 16.5. The number of aromatic nitrogens is 6. The highest BCUT2D eigenvalue weighted by Gasteiger charge is 2.33. The van der Waals surface area contributed by atoms with Crippen LogP contribution in [0.4, 0.5) is 17.6 Å². The summed E-state index contributed by atoms with van der Waals surface area (Å²) >= 11 is 0. The van der Waals surface area contributed by atoms with Gasteiger partial charge in [-0.05, 0) is 32.6 Å². The molecule has 1 aliphatic heterocycles. The molecule has 212 valence electrons. The van der Waals surface area contributed by atoms with Crippen molar-refractivity contribution in [2.75, 3.05) is 44.7 Å². The Hall–Kier alpha value is -4.10. The molecule has 0 radical (unpaired) electrons. The molecule has 0 unspecified atom stereocenters. The minimum Gasteiger partial charge on any atom is -0.493 e. The molecule has 13 heteroatoms. The Kier molecular flexibility index (Phi) is 6.84. The van der Waals surface area contributed by atoms with Crippen molar-refractivity contribution in [1.82, 2.24) is 29.3 Å². The minimum atomic E-state index is 0.00469. The van der Waals surface area contributed by atoms with Crippen LogP contribution in [0.1, 0.15) is 37.4 Å². The smallest absolute Gasteiger partial charge is 0.232 e. The van der Waals surface area contributed by atoms with Gasteiger partial charge >= 0.3 is 0 Å². The van der Waals surface area contributed by atoms with Crippen molar-refractivity contribution in [2.24, 2.45) is 5.73 Å². The van der Waals surface area contributed by atoms with Gasteiger partial charge in [-0.3, -0.25) is 0 Å². The summed E-state index contributed by atoms with van der Waals surface area (Å²) in [6.07, 6.45) is 7.15. The molecular formula is C27H35N9O4. The Morgan fingerprint density at radius 1 is 1.10 bits per heavy atom. The van der Waals surface area contributed by atoms with Gasteiger partial charge in [0.1, 0.15) is 12.1 Å².